The molecule has 0 atom stereocenters. The van der Waals surface area contributed by atoms with Crippen molar-refractivity contribution in [2.24, 2.45) is 0 Å². The second-order valence-electron chi connectivity index (χ2n) is 5.48. The Morgan fingerprint density at radius 2 is 1.74 bits per heavy atom. The number of carbonyl (C=O) groups excluding carboxylic acids is 2. The van der Waals surface area contributed by atoms with E-state index in [-0.39, 0.29) is 11.7 Å². The number of halogens is 1. The summed E-state index contributed by atoms with van der Waals surface area (Å²) in [4.78, 5) is 29.4. The summed E-state index contributed by atoms with van der Waals surface area (Å²) in [6.07, 6.45) is 0. The van der Waals surface area contributed by atoms with Crippen molar-refractivity contribution < 1.29 is 9.59 Å². The fourth-order valence-corrected chi connectivity index (χ4v) is 3.52. The fourth-order valence-electron chi connectivity index (χ4n) is 2.60. The van der Waals surface area contributed by atoms with Crippen molar-refractivity contribution in [2.75, 3.05) is 32.7 Å². The summed E-state index contributed by atoms with van der Waals surface area (Å²) >= 11 is 4.85. The molecule has 1 amide bonds. The summed E-state index contributed by atoms with van der Waals surface area (Å²) in [5.74, 6) is 0.217. The number of thiophene rings is 1. The number of amides is 1. The van der Waals surface area contributed by atoms with E-state index in [0.717, 1.165) is 22.4 Å². The molecule has 3 rings (SSSR count). The molecule has 0 aliphatic carbocycles. The van der Waals surface area contributed by atoms with Gasteiger partial charge >= 0.3 is 0 Å². The van der Waals surface area contributed by atoms with E-state index in [2.05, 4.69) is 20.8 Å². The highest BCUT2D eigenvalue weighted by atomic mass is 79.9. The molecule has 120 valence electrons. The summed E-state index contributed by atoms with van der Waals surface area (Å²) in [6.45, 7) is 3.22. The van der Waals surface area contributed by atoms with E-state index in [4.69, 9.17) is 0 Å². The maximum absolute atomic E-state index is 12.5. The molecule has 0 saturated carbocycles. The standard InChI is InChI=1S/C17H17BrN2O2S/c18-14-5-3-13(4-6-14)17(22)20-9-7-19(8-10-20)12-15(21)16-2-1-11-23-16/h1-6,11H,7-10,12H2. The van der Waals surface area contributed by atoms with Crippen LogP contribution in [0.3, 0.4) is 0 Å². The van der Waals surface area contributed by atoms with Crippen LogP contribution in [0, 0.1) is 0 Å². The van der Waals surface area contributed by atoms with Gasteiger partial charge in [-0.3, -0.25) is 14.5 Å². The van der Waals surface area contributed by atoms with Crippen LogP contribution in [-0.4, -0.2) is 54.2 Å². The summed E-state index contributed by atoms with van der Waals surface area (Å²) in [7, 11) is 0. The Morgan fingerprint density at radius 3 is 2.35 bits per heavy atom. The Balaban J connectivity index is 1.53. The minimum Gasteiger partial charge on any atom is -0.336 e. The molecule has 0 bridgehead atoms. The van der Waals surface area contributed by atoms with Crippen molar-refractivity contribution in [3.8, 4) is 0 Å². The minimum absolute atomic E-state index is 0.0572. The van der Waals surface area contributed by atoms with Gasteiger partial charge in [0.1, 0.15) is 0 Å². The summed E-state index contributed by atoms with van der Waals surface area (Å²) < 4.78 is 0.964. The van der Waals surface area contributed by atoms with E-state index in [1.54, 1.807) is 0 Å². The van der Waals surface area contributed by atoms with Gasteiger partial charge in [-0.1, -0.05) is 22.0 Å². The third kappa shape index (κ3) is 4.07. The molecule has 1 aliphatic heterocycles. The van der Waals surface area contributed by atoms with Crippen molar-refractivity contribution in [3.63, 3.8) is 0 Å². The Morgan fingerprint density at radius 1 is 1.04 bits per heavy atom. The zero-order chi connectivity index (χ0) is 16.2. The molecule has 2 heterocycles. The second-order valence-corrected chi connectivity index (χ2v) is 7.34. The maximum Gasteiger partial charge on any atom is 0.253 e. The fraction of sp³-hybridized carbons (Fsp3) is 0.294. The lowest BCUT2D eigenvalue weighted by Gasteiger charge is -2.34. The molecule has 0 N–H and O–H groups in total. The SMILES string of the molecule is O=C(CN1CCN(C(=O)c2ccc(Br)cc2)CC1)c1cccs1. The van der Waals surface area contributed by atoms with Crippen LogP contribution in [0.4, 0.5) is 0 Å². The third-order valence-corrected chi connectivity index (χ3v) is 5.35. The van der Waals surface area contributed by atoms with Gasteiger partial charge in [0.15, 0.2) is 5.78 Å². The smallest absolute Gasteiger partial charge is 0.253 e. The van der Waals surface area contributed by atoms with Gasteiger partial charge in [-0.05, 0) is 35.7 Å². The quantitative estimate of drug-likeness (QED) is 0.750. The molecule has 0 spiro atoms. The van der Waals surface area contributed by atoms with Crippen LogP contribution < -0.4 is 0 Å². The van der Waals surface area contributed by atoms with E-state index < -0.39 is 0 Å². The average Bonchev–Trinajstić information content (AvgIpc) is 3.10. The van der Waals surface area contributed by atoms with Gasteiger partial charge in [0.2, 0.25) is 0 Å². The monoisotopic (exact) mass is 392 g/mol. The van der Waals surface area contributed by atoms with Crippen LogP contribution in [0.2, 0.25) is 0 Å². The zero-order valence-corrected chi connectivity index (χ0v) is 15.0. The minimum atomic E-state index is 0.0572. The number of ketones is 1. The molecule has 2 aromatic rings. The molecule has 1 fully saturated rings. The van der Waals surface area contributed by atoms with E-state index in [9.17, 15) is 9.59 Å². The normalized spacial score (nSPS) is 15.6. The molecule has 23 heavy (non-hydrogen) atoms. The number of rotatable bonds is 4. The number of nitrogens with zero attached hydrogens (tertiary/aromatic N) is 2. The highest BCUT2D eigenvalue weighted by Crippen LogP contribution is 2.15. The van der Waals surface area contributed by atoms with Gasteiger partial charge in [0.25, 0.3) is 5.91 Å². The van der Waals surface area contributed by atoms with Crippen LogP contribution in [0.1, 0.15) is 20.0 Å². The largest absolute Gasteiger partial charge is 0.336 e. The molecule has 1 aliphatic rings. The topological polar surface area (TPSA) is 40.6 Å². The Hall–Kier alpha value is -1.50. The molecule has 6 heteroatoms. The first-order chi connectivity index (χ1) is 11.1. The number of hydrogen-bond donors (Lipinski definition) is 0. The first-order valence-corrected chi connectivity index (χ1v) is 9.14. The van der Waals surface area contributed by atoms with Gasteiger partial charge in [0, 0.05) is 36.2 Å². The predicted octanol–water partition coefficient (Wildman–Crippen LogP) is 3.15. The molecule has 0 unspecified atom stereocenters. The number of hydrogen-bond acceptors (Lipinski definition) is 4. The molecular formula is C17H17BrN2O2S. The van der Waals surface area contributed by atoms with Crippen LogP contribution in [0.5, 0.6) is 0 Å². The molecule has 1 aromatic carbocycles. The zero-order valence-electron chi connectivity index (χ0n) is 12.6. The van der Waals surface area contributed by atoms with Crippen molar-refractivity contribution in [2.45, 2.75) is 0 Å². The predicted molar refractivity (Wildman–Crippen MR) is 95.1 cm³/mol. The van der Waals surface area contributed by atoms with Crippen LogP contribution >= 0.6 is 27.3 Å². The Labute approximate surface area is 147 Å². The second kappa shape index (κ2) is 7.38. The van der Waals surface area contributed by atoms with Gasteiger partial charge < -0.3 is 4.90 Å². The summed E-state index contributed by atoms with van der Waals surface area (Å²) in [5, 5.41) is 1.92. The van der Waals surface area contributed by atoms with E-state index in [1.807, 2.05) is 46.7 Å². The van der Waals surface area contributed by atoms with Crippen LogP contribution in [0.25, 0.3) is 0 Å². The first-order valence-electron chi connectivity index (χ1n) is 7.47. The number of benzene rings is 1. The number of piperazine rings is 1. The molecule has 0 radical (unpaired) electrons. The van der Waals surface area contributed by atoms with Gasteiger partial charge in [0.05, 0.1) is 11.4 Å². The highest BCUT2D eigenvalue weighted by Gasteiger charge is 2.23. The average molecular weight is 393 g/mol. The van der Waals surface area contributed by atoms with Gasteiger partial charge in [-0.2, -0.15) is 0 Å². The number of carbonyl (C=O) groups is 2. The summed E-state index contributed by atoms with van der Waals surface area (Å²) in [6, 6.07) is 11.2. The van der Waals surface area contributed by atoms with E-state index >= 15 is 0 Å². The van der Waals surface area contributed by atoms with E-state index in [1.165, 1.54) is 11.3 Å². The lowest BCUT2D eigenvalue weighted by atomic mass is 10.2. The van der Waals surface area contributed by atoms with Crippen molar-refractivity contribution in [1.29, 1.82) is 0 Å². The molecule has 1 saturated heterocycles. The Bertz CT molecular complexity index is 677. The molecule has 4 nitrogen and oxygen atoms in total. The van der Waals surface area contributed by atoms with Crippen molar-refractivity contribution >= 4 is 39.0 Å². The van der Waals surface area contributed by atoms with Crippen molar-refractivity contribution in [3.05, 3.63) is 56.7 Å². The summed E-state index contributed by atoms with van der Waals surface area (Å²) in [5.41, 5.74) is 0.705. The molecule has 1 aromatic heterocycles. The van der Waals surface area contributed by atoms with Gasteiger partial charge in [-0.15, -0.1) is 11.3 Å². The lowest BCUT2D eigenvalue weighted by molar-refractivity contribution is 0.0625. The van der Waals surface area contributed by atoms with Crippen LogP contribution in [-0.2, 0) is 0 Å². The number of Topliss-reactive ketones (excluding diaryl/α,β-unsaturated/α-hetero) is 1. The lowest BCUT2D eigenvalue weighted by Crippen LogP contribution is -2.49. The van der Waals surface area contributed by atoms with E-state index in [0.29, 0.717) is 25.2 Å². The van der Waals surface area contributed by atoms with Crippen LogP contribution in [0.15, 0.2) is 46.3 Å². The Kier molecular flexibility index (Phi) is 5.25. The first kappa shape index (κ1) is 16.4. The third-order valence-electron chi connectivity index (χ3n) is 3.91. The van der Waals surface area contributed by atoms with Crippen molar-refractivity contribution in [1.82, 2.24) is 9.80 Å². The maximum atomic E-state index is 12.5. The molecular weight excluding hydrogens is 376 g/mol. The highest BCUT2D eigenvalue weighted by molar-refractivity contribution is 9.10. The van der Waals surface area contributed by atoms with Gasteiger partial charge in [-0.25, -0.2) is 0 Å².